The van der Waals surface area contributed by atoms with E-state index >= 15 is 0 Å². The van der Waals surface area contributed by atoms with Gasteiger partial charge in [0, 0.05) is 18.0 Å². The van der Waals surface area contributed by atoms with Crippen molar-refractivity contribution in [3.05, 3.63) is 66.0 Å². The smallest absolute Gasteiger partial charge is 0.257 e. The molecule has 0 radical (unpaired) electrons. The number of carbonyl (C=O) groups is 1. The first-order valence-corrected chi connectivity index (χ1v) is 5.49. The molecule has 3 nitrogen and oxygen atoms in total. The van der Waals surface area contributed by atoms with Gasteiger partial charge in [-0.3, -0.25) is 9.78 Å². The molecule has 1 aromatic carbocycles. The molecule has 2 rings (SSSR count). The van der Waals surface area contributed by atoms with Crippen molar-refractivity contribution in [2.24, 2.45) is 0 Å². The molecular formula is C13H10N2OS. The lowest BCUT2D eigenvalue weighted by molar-refractivity contribution is 0.0977. The van der Waals surface area contributed by atoms with E-state index < -0.39 is 0 Å². The van der Waals surface area contributed by atoms with Crippen LogP contribution in [0.25, 0.3) is 0 Å². The van der Waals surface area contributed by atoms with Gasteiger partial charge in [-0.25, -0.2) is 0 Å². The van der Waals surface area contributed by atoms with Crippen LogP contribution >= 0.6 is 12.2 Å². The minimum atomic E-state index is -0.244. The topological polar surface area (TPSA) is 42.0 Å². The number of carbonyl (C=O) groups excluding carboxylic acids is 1. The fourth-order valence-electron chi connectivity index (χ4n) is 1.33. The summed E-state index contributed by atoms with van der Waals surface area (Å²) in [6.07, 6.45) is 3.12. The number of nitrogens with zero attached hydrogens (tertiary/aromatic N) is 1. The van der Waals surface area contributed by atoms with E-state index in [1.807, 2.05) is 30.3 Å². The highest BCUT2D eigenvalue weighted by Crippen LogP contribution is 2.01. The van der Waals surface area contributed by atoms with Crippen molar-refractivity contribution in [1.29, 1.82) is 0 Å². The molecule has 0 aliphatic carbocycles. The molecule has 17 heavy (non-hydrogen) atoms. The number of nitrogens with one attached hydrogen (secondary N) is 1. The van der Waals surface area contributed by atoms with Crippen LogP contribution < -0.4 is 5.32 Å². The third-order valence-corrected chi connectivity index (χ3v) is 2.52. The van der Waals surface area contributed by atoms with Crippen LogP contribution in [0.1, 0.15) is 15.9 Å². The molecular weight excluding hydrogens is 232 g/mol. The van der Waals surface area contributed by atoms with E-state index in [0.717, 1.165) is 5.56 Å². The van der Waals surface area contributed by atoms with Crippen LogP contribution in [-0.4, -0.2) is 15.9 Å². The summed E-state index contributed by atoms with van der Waals surface area (Å²) in [5, 5.41) is 2.66. The van der Waals surface area contributed by atoms with Crippen molar-refractivity contribution < 1.29 is 4.79 Å². The van der Waals surface area contributed by atoms with Crippen molar-refractivity contribution in [3.63, 3.8) is 0 Å². The molecule has 0 aliphatic heterocycles. The van der Waals surface area contributed by atoms with Gasteiger partial charge in [0.25, 0.3) is 5.91 Å². The average Bonchev–Trinajstić information content (AvgIpc) is 2.40. The van der Waals surface area contributed by atoms with E-state index in [2.05, 4.69) is 10.3 Å². The molecule has 0 atom stereocenters. The second kappa shape index (κ2) is 5.32. The van der Waals surface area contributed by atoms with E-state index in [-0.39, 0.29) is 5.91 Å². The highest BCUT2D eigenvalue weighted by molar-refractivity contribution is 7.80. The lowest BCUT2D eigenvalue weighted by Crippen LogP contribution is -2.29. The van der Waals surface area contributed by atoms with Gasteiger partial charge in [-0.15, -0.1) is 0 Å². The first kappa shape index (κ1) is 11.4. The standard InChI is InChI=1S/C13H10N2OS/c16-12(11-7-4-8-14-9-11)15-13(17)10-5-2-1-3-6-10/h1-9H,(H,15,16,17). The molecule has 0 spiro atoms. The van der Waals surface area contributed by atoms with Crippen molar-refractivity contribution >= 4 is 23.1 Å². The lowest BCUT2D eigenvalue weighted by Gasteiger charge is -2.06. The average molecular weight is 242 g/mol. The SMILES string of the molecule is O=C(NC(=S)c1ccccc1)c1cccnc1. The number of pyridine rings is 1. The Balaban J connectivity index is 2.08. The normalized spacial score (nSPS) is 9.65. The summed E-state index contributed by atoms with van der Waals surface area (Å²) >= 11 is 5.14. The van der Waals surface area contributed by atoms with Crippen molar-refractivity contribution in [1.82, 2.24) is 10.3 Å². The van der Waals surface area contributed by atoms with Crippen LogP contribution in [0, 0.1) is 0 Å². The van der Waals surface area contributed by atoms with Gasteiger partial charge in [0.15, 0.2) is 0 Å². The largest absolute Gasteiger partial charge is 0.312 e. The third kappa shape index (κ3) is 2.95. The Morgan fingerprint density at radius 1 is 1.06 bits per heavy atom. The second-order valence-corrected chi connectivity index (χ2v) is 3.80. The Labute approximate surface area is 105 Å². The predicted octanol–water partition coefficient (Wildman–Crippen LogP) is 2.19. The number of hydrogen-bond acceptors (Lipinski definition) is 3. The molecule has 2 aromatic rings. The quantitative estimate of drug-likeness (QED) is 0.821. The molecule has 0 saturated heterocycles. The zero-order valence-corrected chi connectivity index (χ0v) is 9.78. The second-order valence-electron chi connectivity index (χ2n) is 3.39. The molecule has 0 saturated carbocycles. The van der Waals surface area contributed by atoms with E-state index in [1.54, 1.807) is 18.3 Å². The van der Waals surface area contributed by atoms with Crippen LogP contribution in [-0.2, 0) is 0 Å². The molecule has 4 heteroatoms. The number of rotatable bonds is 2. The van der Waals surface area contributed by atoms with Gasteiger partial charge in [-0.1, -0.05) is 42.5 Å². The van der Waals surface area contributed by atoms with Crippen molar-refractivity contribution in [3.8, 4) is 0 Å². The Hall–Kier alpha value is -2.07. The predicted molar refractivity (Wildman–Crippen MR) is 69.8 cm³/mol. The number of aromatic nitrogens is 1. The lowest BCUT2D eigenvalue weighted by atomic mass is 10.2. The number of benzene rings is 1. The zero-order chi connectivity index (χ0) is 12.1. The molecule has 0 aliphatic rings. The maximum atomic E-state index is 11.8. The minimum absolute atomic E-state index is 0.244. The number of hydrogen-bond donors (Lipinski definition) is 1. The third-order valence-electron chi connectivity index (χ3n) is 2.19. The molecule has 0 bridgehead atoms. The minimum Gasteiger partial charge on any atom is -0.312 e. The van der Waals surface area contributed by atoms with E-state index in [9.17, 15) is 4.79 Å². The van der Waals surface area contributed by atoms with E-state index in [1.165, 1.54) is 6.20 Å². The first-order valence-electron chi connectivity index (χ1n) is 5.08. The van der Waals surface area contributed by atoms with Crippen molar-refractivity contribution in [2.75, 3.05) is 0 Å². The monoisotopic (exact) mass is 242 g/mol. The van der Waals surface area contributed by atoms with Crippen LogP contribution in [0.2, 0.25) is 0 Å². The van der Waals surface area contributed by atoms with E-state index in [4.69, 9.17) is 12.2 Å². The fourth-order valence-corrected chi connectivity index (χ4v) is 1.56. The molecule has 1 amide bonds. The summed E-state index contributed by atoms with van der Waals surface area (Å²) in [5.74, 6) is -0.244. The summed E-state index contributed by atoms with van der Waals surface area (Å²) in [6.45, 7) is 0. The number of amides is 1. The highest BCUT2D eigenvalue weighted by atomic mass is 32.1. The molecule has 1 N–H and O–H groups in total. The Kier molecular flexibility index (Phi) is 3.57. The van der Waals surface area contributed by atoms with E-state index in [0.29, 0.717) is 10.6 Å². The Morgan fingerprint density at radius 2 is 1.76 bits per heavy atom. The fraction of sp³-hybridized carbons (Fsp3) is 0. The van der Waals surface area contributed by atoms with Crippen LogP contribution in [0.3, 0.4) is 0 Å². The Morgan fingerprint density at radius 3 is 2.41 bits per heavy atom. The molecule has 0 unspecified atom stereocenters. The summed E-state index contributed by atoms with van der Waals surface area (Å²) < 4.78 is 0. The van der Waals surface area contributed by atoms with Gasteiger partial charge >= 0.3 is 0 Å². The summed E-state index contributed by atoms with van der Waals surface area (Å²) in [4.78, 5) is 16.1. The Bertz CT molecular complexity index is 476. The molecule has 84 valence electrons. The maximum Gasteiger partial charge on any atom is 0.257 e. The highest BCUT2D eigenvalue weighted by Gasteiger charge is 2.08. The van der Waals surface area contributed by atoms with Crippen LogP contribution in [0.15, 0.2) is 54.9 Å². The van der Waals surface area contributed by atoms with Gasteiger partial charge in [0.05, 0.1) is 5.56 Å². The summed E-state index contributed by atoms with van der Waals surface area (Å²) in [7, 11) is 0. The van der Waals surface area contributed by atoms with Gasteiger partial charge in [0.1, 0.15) is 4.99 Å². The first-order chi connectivity index (χ1) is 8.27. The van der Waals surface area contributed by atoms with Gasteiger partial charge in [-0.2, -0.15) is 0 Å². The maximum absolute atomic E-state index is 11.8. The van der Waals surface area contributed by atoms with Gasteiger partial charge in [-0.05, 0) is 12.1 Å². The molecule has 1 heterocycles. The van der Waals surface area contributed by atoms with Gasteiger partial charge < -0.3 is 5.32 Å². The van der Waals surface area contributed by atoms with Gasteiger partial charge in [0.2, 0.25) is 0 Å². The summed E-state index contributed by atoms with van der Waals surface area (Å²) in [6, 6.07) is 12.7. The summed E-state index contributed by atoms with van der Waals surface area (Å²) in [5.41, 5.74) is 1.31. The van der Waals surface area contributed by atoms with Crippen LogP contribution in [0.4, 0.5) is 0 Å². The molecule has 0 fully saturated rings. The number of thiocarbonyl (C=S) groups is 1. The van der Waals surface area contributed by atoms with Crippen LogP contribution in [0.5, 0.6) is 0 Å². The molecule has 1 aromatic heterocycles. The zero-order valence-electron chi connectivity index (χ0n) is 8.96. The van der Waals surface area contributed by atoms with Crippen molar-refractivity contribution in [2.45, 2.75) is 0 Å².